The summed E-state index contributed by atoms with van der Waals surface area (Å²) in [5.74, 6) is 0.0671. The minimum Gasteiger partial charge on any atom is -0.378 e. The van der Waals surface area contributed by atoms with Crippen LogP contribution >= 0.6 is 0 Å². The van der Waals surface area contributed by atoms with Crippen LogP contribution in [-0.2, 0) is 14.8 Å². The molecule has 0 aliphatic carbocycles. The molecule has 1 saturated heterocycles. The first-order chi connectivity index (χ1) is 8.86. The fraction of sp³-hybridized carbons (Fsp3) is 1.00. The maximum Gasteiger partial charge on any atom is 0.216 e. The van der Waals surface area contributed by atoms with Crippen LogP contribution in [-0.4, -0.2) is 74.9 Å². The third-order valence-corrected chi connectivity index (χ3v) is 5.26. The van der Waals surface area contributed by atoms with Crippen LogP contribution in [0.2, 0.25) is 0 Å². The van der Waals surface area contributed by atoms with Gasteiger partial charge in [-0.25, -0.2) is 8.42 Å². The molecule has 1 aliphatic heterocycles. The first-order valence-corrected chi connectivity index (χ1v) is 8.51. The Morgan fingerprint density at radius 2 is 1.74 bits per heavy atom. The summed E-state index contributed by atoms with van der Waals surface area (Å²) < 4.78 is 31.1. The van der Waals surface area contributed by atoms with E-state index in [1.807, 2.05) is 13.8 Å². The Hall–Kier alpha value is -0.210. The lowest BCUT2D eigenvalue weighted by molar-refractivity contribution is 0.0899. The molecular formula is C12H27N3O3S. The Bertz CT molecular complexity index is 351. The van der Waals surface area contributed by atoms with Gasteiger partial charge in [-0.15, -0.1) is 0 Å². The summed E-state index contributed by atoms with van der Waals surface area (Å²) in [7, 11) is -3.18. The van der Waals surface area contributed by atoms with Crippen LogP contribution in [0.15, 0.2) is 0 Å². The van der Waals surface area contributed by atoms with Crippen LogP contribution in [0.3, 0.4) is 0 Å². The fourth-order valence-electron chi connectivity index (χ4n) is 2.09. The molecule has 0 amide bonds. The fourth-order valence-corrected chi connectivity index (χ4v) is 3.37. The molecule has 0 aromatic rings. The molecule has 19 heavy (non-hydrogen) atoms. The zero-order valence-electron chi connectivity index (χ0n) is 12.2. The van der Waals surface area contributed by atoms with Gasteiger partial charge in [-0.2, -0.15) is 4.31 Å². The molecule has 0 saturated carbocycles. The van der Waals surface area contributed by atoms with Gasteiger partial charge in [-0.05, 0) is 20.8 Å². The minimum absolute atomic E-state index is 0.0671. The highest BCUT2D eigenvalue weighted by atomic mass is 32.2. The van der Waals surface area contributed by atoms with E-state index >= 15 is 0 Å². The van der Waals surface area contributed by atoms with Gasteiger partial charge >= 0.3 is 0 Å². The van der Waals surface area contributed by atoms with Crippen molar-refractivity contribution in [2.45, 2.75) is 32.9 Å². The number of hydrogen-bond acceptors (Lipinski definition) is 5. The van der Waals surface area contributed by atoms with Crippen molar-refractivity contribution in [3.63, 3.8) is 0 Å². The predicted molar refractivity (Wildman–Crippen MR) is 76.5 cm³/mol. The molecule has 1 aliphatic rings. The number of sulfonamides is 1. The van der Waals surface area contributed by atoms with Crippen LogP contribution in [0.1, 0.15) is 20.8 Å². The molecule has 0 aromatic carbocycles. The van der Waals surface area contributed by atoms with Crippen LogP contribution in [0, 0.1) is 0 Å². The lowest BCUT2D eigenvalue weighted by Crippen LogP contribution is -2.53. The van der Waals surface area contributed by atoms with Gasteiger partial charge in [0.25, 0.3) is 0 Å². The summed E-state index contributed by atoms with van der Waals surface area (Å²) >= 11 is 0. The third kappa shape index (κ3) is 5.35. The van der Waals surface area contributed by atoms with Gasteiger partial charge in [0.1, 0.15) is 0 Å². The average Bonchev–Trinajstić information content (AvgIpc) is 2.37. The number of nitrogens with two attached hydrogens (primary N) is 1. The van der Waals surface area contributed by atoms with Gasteiger partial charge in [0.05, 0.1) is 18.5 Å². The summed E-state index contributed by atoms with van der Waals surface area (Å²) in [4.78, 5) is 2.23. The number of rotatable bonds is 7. The second kappa shape index (κ2) is 7.54. The van der Waals surface area contributed by atoms with Crippen molar-refractivity contribution in [1.82, 2.24) is 9.21 Å². The molecule has 1 rings (SSSR count). The van der Waals surface area contributed by atoms with Crippen molar-refractivity contribution < 1.29 is 13.2 Å². The van der Waals surface area contributed by atoms with E-state index in [0.717, 1.165) is 13.1 Å². The lowest BCUT2D eigenvalue weighted by Gasteiger charge is -2.37. The molecular weight excluding hydrogens is 266 g/mol. The highest BCUT2D eigenvalue weighted by Crippen LogP contribution is 2.10. The number of nitrogens with zero attached hydrogens (tertiary/aromatic N) is 2. The second-order valence-corrected chi connectivity index (χ2v) is 7.34. The highest BCUT2D eigenvalue weighted by molar-refractivity contribution is 7.89. The molecule has 114 valence electrons. The lowest BCUT2D eigenvalue weighted by atomic mass is 10.2. The molecule has 2 N–H and O–H groups in total. The van der Waals surface area contributed by atoms with Crippen LogP contribution < -0.4 is 5.73 Å². The van der Waals surface area contributed by atoms with E-state index in [2.05, 4.69) is 11.8 Å². The smallest absolute Gasteiger partial charge is 0.216 e. The molecule has 6 nitrogen and oxygen atoms in total. The van der Waals surface area contributed by atoms with E-state index in [4.69, 9.17) is 10.5 Å². The van der Waals surface area contributed by atoms with Crippen molar-refractivity contribution in [3.05, 3.63) is 0 Å². The first-order valence-electron chi connectivity index (χ1n) is 6.90. The summed E-state index contributed by atoms with van der Waals surface area (Å²) in [5.41, 5.74) is 5.63. The summed E-state index contributed by atoms with van der Waals surface area (Å²) in [6, 6.07) is 0.314. The van der Waals surface area contributed by atoms with E-state index < -0.39 is 10.0 Å². The Morgan fingerprint density at radius 1 is 1.16 bits per heavy atom. The predicted octanol–water partition coefficient (Wildman–Crippen LogP) is -0.294. The molecule has 0 radical (unpaired) electrons. The van der Waals surface area contributed by atoms with Crippen LogP contribution in [0.5, 0.6) is 0 Å². The molecule has 1 heterocycles. The molecule has 7 heteroatoms. The Morgan fingerprint density at radius 3 is 2.21 bits per heavy atom. The van der Waals surface area contributed by atoms with Gasteiger partial charge in [-0.3, -0.25) is 4.90 Å². The van der Waals surface area contributed by atoms with Crippen LogP contribution in [0.4, 0.5) is 0 Å². The van der Waals surface area contributed by atoms with E-state index in [0.29, 0.717) is 25.7 Å². The maximum absolute atomic E-state index is 12.1. The second-order valence-electron chi connectivity index (χ2n) is 5.26. The Labute approximate surface area is 116 Å². The molecule has 0 bridgehead atoms. The number of ether oxygens (including phenoxy) is 1. The topological polar surface area (TPSA) is 75.9 Å². The van der Waals surface area contributed by atoms with E-state index in [1.54, 1.807) is 4.31 Å². The van der Waals surface area contributed by atoms with Gasteiger partial charge < -0.3 is 10.5 Å². The Balaban J connectivity index is 2.41. The maximum atomic E-state index is 12.1. The SMILES string of the molecule is CC(C)OCCS(=O)(=O)N1CCN(C(C)CN)CC1. The molecule has 1 fully saturated rings. The monoisotopic (exact) mass is 293 g/mol. The average molecular weight is 293 g/mol. The van der Waals surface area contributed by atoms with Crippen molar-refractivity contribution in [1.29, 1.82) is 0 Å². The zero-order valence-corrected chi connectivity index (χ0v) is 13.0. The highest BCUT2D eigenvalue weighted by Gasteiger charge is 2.28. The number of hydrogen-bond donors (Lipinski definition) is 1. The van der Waals surface area contributed by atoms with Crippen molar-refractivity contribution in [2.24, 2.45) is 5.73 Å². The van der Waals surface area contributed by atoms with Gasteiger partial charge in [0.15, 0.2) is 0 Å². The van der Waals surface area contributed by atoms with Gasteiger partial charge in [0, 0.05) is 38.8 Å². The summed E-state index contributed by atoms with van der Waals surface area (Å²) in [6.07, 6.45) is 0.0671. The van der Waals surface area contributed by atoms with Crippen molar-refractivity contribution in [3.8, 4) is 0 Å². The quantitative estimate of drug-likeness (QED) is 0.698. The Kier molecular flexibility index (Phi) is 6.68. The van der Waals surface area contributed by atoms with E-state index in [1.165, 1.54) is 0 Å². The van der Waals surface area contributed by atoms with Crippen LogP contribution in [0.25, 0.3) is 0 Å². The van der Waals surface area contributed by atoms with Gasteiger partial charge in [0.2, 0.25) is 10.0 Å². The first kappa shape index (κ1) is 16.8. The van der Waals surface area contributed by atoms with Gasteiger partial charge in [-0.1, -0.05) is 0 Å². The van der Waals surface area contributed by atoms with Crippen molar-refractivity contribution in [2.75, 3.05) is 45.1 Å². The molecule has 1 unspecified atom stereocenters. The van der Waals surface area contributed by atoms with E-state index in [9.17, 15) is 8.42 Å². The summed E-state index contributed by atoms with van der Waals surface area (Å²) in [5, 5.41) is 0. The zero-order chi connectivity index (χ0) is 14.5. The number of piperazine rings is 1. The summed E-state index contributed by atoms with van der Waals surface area (Å²) in [6.45, 7) is 9.35. The molecule has 1 atom stereocenters. The normalized spacial score (nSPS) is 20.9. The molecule has 0 spiro atoms. The third-order valence-electron chi connectivity index (χ3n) is 3.42. The molecule has 0 aromatic heterocycles. The van der Waals surface area contributed by atoms with Crippen molar-refractivity contribution >= 4 is 10.0 Å². The largest absolute Gasteiger partial charge is 0.378 e. The van der Waals surface area contributed by atoms with E-state index in [-0.39, 0.29) is 18.5 Å². The standard InChI is InChI=1S/C12H27N3O3S/c1-11(2)18-8-9-19(16,17)15-6-4-14(5-7-15)12(3)10-13/h11-12H,4-10,13H2,1-3H3. The minimum atomic E-state index is -3.18.